The standard InChI is InChI=1S/C26H22F3NO4/c27-26(28,29)21-12-6-5-11-19(21)24(22(30)13-23(31)32)25(33)34-14-20-17-9-3-1-7-15(17)16-8-2-4-10-18(16)20/h1-12,20,22,24H,13-14,30H2,(H,31,32)/t22-,24-/m1/s1. The number of carboxylic acids is 1. The van der Waals surface area contributed by atoms with Crippen LogP contribution in [0.1, 0.15) is 40.5 Å². The molecule has 1 aliphatic carbocycles. The van der Waals surface area contributed by atoms with Crippen LogP contribution in [-0.2, 0) is 20.5 Å². The van der Waals surface area contributed by atoms with Gasteiger partial charge in [0.05, 0.1) is 17.9 Å². The average molecular weight is 469 g/mol. The van der Waals surface area contributed by atoms with Gasteiger partial charge in [0.2, 0.25) is 0 Å². The number of halogens is 3. The second-order valence-corrected chi connectivity index (χ2v) is 8.18. The highest BCUT2D eigenvalue weighted by atomic mass is 19.4. The summed E-state index contributed by atoms with van der Waals surface area (Å²) >= 11 is 0. The monoisotopic (exact) mass is 469 g/mol. The number of aliphatic carboxylic acids is 1. The van der Waals surface area contributed by atoms with E-state index in [1.165, 1.54) is 12.1 Å². The number of rotatable bonds is 7. The van der Waals surface area contributed by atoms with E-state index in [0.717, 1.165) is 34.4 Å². The molecule has 0 saturated heterocycles. The van der Waals surface area contributed by atoms with Crippen LogP contribution < -0.4 is 5.73 Å². The molecular weight excluding hydrogens is 447 g/mol. The fraction of sp³-hybridized carbons (Fsp3) is 0.231. The summed E-state index contributed by atoms with van der Waals surface area (Å²) in [6, 6.07) is 18.4. The van der Waals surface area contributed by atoms with Crippen molar-refractivity contribution < 1.29 is 32.6 Å². The summed E-state index contributed by atoms with van der Waals surface area (Å²) in [6.45, 7) is -0.114. The van der Waals surface area contributed by atoms with Gasteiger partial charge in [0, 0.05) is 12.0 Å². The van der Waals surface area contributed by atoms with Crippen molar-refractivity contribution in [3.8, 4) is 11.1 Å². The molecule has 0 spiro atoms. The van der Waals surface area contributed by atoms with Crippen LogP contribution >= 0.6 is 0 Å². The van der Waals surface area contributed by atoms with Gasteiger partial charge in [-0.15, -0.1) is 0 Å². The molecule has 3 aromatic carbocycles. The lowest BCUT2D eigenvalue weighted by molar-refractivity contribution is -0.147. The quantitative estimate of drug-likeness (QED) is 0.478. The van der Waals surface area contributed by atoms with Gasteiger partial charge in [0.15, 0.2) is 0 Å². The number of ether oxygens (including phenoxy) is 1. The van der Waals surface area contributed by atoms with Gasteiger partial charge in [-0.25, -0.2) is 0 Å². The van der Waals surface area contributed by atoms with Crippen LogP contribution in [0.2, 0.25) is 0 Å². The maximum absolute atomic E-state index is 13.7. The number of carbonyl (C=O) groups excluding carboxylic acids is 1. The third-order valence-electron chi connectivity index (χ3n) is 6.05. The summed E-state index contributed by atoms with van der Waals surface area (Å²) in [5, 5.41) is 9.16. The second-order valence-electron chi connectivity index (χ2n) is 8.18. The Morgan fingerprint density at radius 2 is 1.44 bits per heavy atom. The van der Waals surface area contributed by atoms with Gasteiger partial charge in [-0.3, -0.25) is 9.59 Å². The minimum Gasteiger partial charge on any atom is -0.481 e. The molecular formula is C26H22F3NO4. The maximum Gasteiger partial charge on any atom is 0.416 e. The van der Waals surface area contributed by atoms with E-state index in [2.05, 4.69) is 0 Å². The molecule has 176 valence electrons. The van der Waals surface area contributed by atoms with Gasteiger partial charge < -0.3 is 15.6 Å². The van der Waals surface area contributed by atoms with Crippen LogP contribution in [0.4, 0.5) is 13.2 Å². The molecule has 0 unspecified atom stereocenters. The Kier molecular flexibility index (Phi) is 6.43. The minimum absolute atomic E-state index is 0.114. The first-order chi connectivity index (χ1) is 16.2. The Labute approximate surface area is 194 Å². The number of alkyl halides is 3. The van der Waals surface area contributed by atoms with Crippen molar-refractivity contribution in [2.75, 3.05) is 6.61 Å². The van der Waals surface area contributed by atoms with E-state index in [1.807, 2.05) is 48.5 Å². The molecule has 1 aliphatic rings. The van der Waals surface area contributed by atoms with E-state index in [9.17, 15) is 22.8 Å². The number of hydrogen-bond acceptors (Lipinski definition) is 4. The van der Waals surface area contributed by atoms with Crippen molar-refractivity contribution in [2.45, 2.75) is 30.5 Å². The number of fused-ring (bicyclic) bond motifs is 3. The van der Waals surface area contributed by atoms with E-state index >= 15 is 0 Å². The van der Waals surface area contributed by atoms with Crippen molar-refractivity contribution in [1.29, 1.82) is 0 Å². The van der Waals surface area contributed by atoms with Gasteiger partial charge in [-0.1, -0.05) is 66.7 Å². The summed E-state index contributed by atoms with van der Waals surface area (Å²) in [7, 11) is 0. The zero-order chi connectivity index (χ0) is 24.5. The Balaban J connectivity index is 1.65. The third-order valence-corrected chi connectivity index (χ3v) is 6.05. The van der Waals surface area contributed by atoms with E-state index in [0.29, 0.717) is 0 Å². The SMILES string of the molecule is N[C@H](CC(=O)O)[C@H](C(=O)OCC1c2ccccc2-c2ccccc21)c1ccccc1C(F)(F)F. The lowest BCUT2D eigenvalue weighted by Crippen LogP contribution is -2.38. The number of carbonyl (C=O) groups is 2. The molecule has 0 bridgehead atoms. The predicted octanol–water partition coefficient (Wildman–Crippen LogP) is 4.95. The van der Waals surface area contributed by atoms with Crippen LogP contribution in [0.5, 0.6) is 0 Å². The first-order valence-corrected chi connectivity index (χ1v) is 10.7. The van der Waals surface area contributed by atoms with E-state index in [1.54, 1.807) is 0 Å². The molecule has 5 nitrogen and oxygen atoms in total. The van der Waals surface area contributed by atoms with E-state index in [-0.39, 0.29) is 12.5 Å². The number of hydrogen-bond donors (Lipinski definition) is 2. The molecule has 8 heteroatoms. The first-order valence-electron chi connectivity index (χ1n) is 10.7. The summed E-state index contributed by atoms with van der Waals surface area (Å²) in [4.78, 5) is 24.4. The van der Waals surface area contributed by atoms with Gasteiger partial charge in [-0.2, -0.15) is 13.2 Å². The second kappa shape index (κ2) is 9.30. The van der Waals surface area contributed by atoms with Gasteiger partial charge in [0.25, 0.3) is 0 Å². The fourth-order valence-corrected chi connectivity index (χ4v) is 4.57. The molecule has 0 amide bonds. The van der Waals surface area contributed by atoms with Crippen LogP contribution in [0.15, 0.2) is 72.8 Å². The molecule has 3 N–H and O–H groups in total. The molecule has 4 rings (SSSR count). The van der Waals surface area contributed by atoms with Crippen LogP contribution in [0.3, 0.4) is 0 Å². The fourth-order valence-electron chi connectivity index (χ4n) is 4.57. The molecule has 0 radical (unpaired) electrons. The molecule has 0 saturated carbocycles. The molecule has 0 heterocycles. The van der Waals surface area contributed by atoms with Crippen LogP contribution in [0.25, 0.3) is 11.1 Å². The Bertz CT molecular complexity index is 1180. The van der Waals surface area contributed by atoms with E-state index in [4.69, 9.17) is 15.6 Å². The molecule has 0 fully saturated rings. The average Bonchev–Trinajstić information content (AvgIpc) is 3.11. The highest BCUT2D eigenvalue weighted by Gasteiger charge is 2.40. The number of benzene rings is 3. The van der Waals surface area contributed by atoms with Crippen LogP contribution in [0, 0.1) is 0 Å². The van der Waals surface area contributed by atoms with Crippen molar-refractivity contribution in [3.05, 3.63) is 95.1 Å². The lowest BCUT2D eigenvalue weighted by Gasteiger charge is -2.25. The highest BCUT2D eigenvalue weighted by molar-refractivity contribution is 5.82. The molecule has 2 atom stereocenters. The Morgan fingerprint density at radius 1 is 0.912 bits per heavy atom. The summed E-state index contributed by atoms with van der Waals surface area (Å²) in [5.74, 6) is -4.22. The Hall–Kier alpha value is -3.65. The van der Waals surface area contributed by atoms with E-state index < -0.39 is 47.6 Å². The first kappa shape index (κ1) is 23.5. The van der Waals surface area contributed by atoms with Crippen molar-refractivity contribution in [2.24, 2.45) is 5.73 Å². The Morgan fingerprint density at radius 3 is 2.00 bits per heavy atom. The molecule has 0 aromatic heterocycles. The smallest absolute Gasteiger partial charge is 0.416 e. The summed E-state index contributed by atoms with van der Waals surface area (Å²) in [5.41, 5.74) is 8.39. The van der Waals surface area contributed by atoms with Crippen molar-refractivity contribution in [1.82, 2.24) is 0 Å². The molecule has 34 heavy (non-hydrogen) atoms. The predicted molar refractivity (Wildman–Crippen MR) is 119 cm³/mol. The normalized spacial score (nSPS) is 14.7. The number of carboxylic acid groups (broad SMARTS) is 1. The minimum atomic E-state index is -4.75. The van der Waals surface area contributed by atoms with Gasteiger partial charge in [0.1, 0.15) is 6.61 Å². The zero-order valence-corrected chi connectivity index (χ0v) is 18.0. The molecule has 3 aromatic rings. The largest absolute Gasteiger partial charge is 0.481 e. The summed E-state index contributed by atoms with van der Waals surface area (Å²) in [6.07, 6.45) is -5.44. The number of nitrogens with two attached hydrogens (primary N) is 1. The van der Waals surface area contributed by atoms with Gasteiger partial charge in [-0.05, 0) is 33.9 Å². The summed E-state index contributed by atoms with van der Waals surface area (Å²) < 4.78 is 46.5. The maximum atomic E-state index is 13.7. The topological polar surface area (TPSA) is 89.6 Å². The molecule has 0 aliphatic heterocycles. The third kappa shape index (κ3) is 4.54. The van der Waals surface area contributed by atoms with Gasteiger partial charge >= 0.3 is 18.1 Å². The van der Waals surface area contributed by atoms with Crippen molar-refractivity contribution in [3.63, 3.8) is 0 Å². The number of esters is 1. The van der Waals surface area contributed by atoms with Crippen LogP contribution in [-0.4, -0.2) is 29.7 Å². The zero-order valence-electron chi connectivity index (χ0n) is 18.0. The lowest BCUT2D eigenvalue weighted by atomic mass is 9.86. The van der Waals surface area contributed by atoms with Crippen molar-refractivity contribution >= 4 is 11.9 Å². The highest BCUT2D eigenvalue weighted by Crippen LogP contribution is 2.45.